The third kappa shape index (κ3) is 9.57. The fraction of sp³-hybridized carbons (Fsp3) is 0.400. The highest BCUT2D eigenvalue weighted by Gasteiger charge is 2.02. The van der Waals surface area contributed by atoms with Crippen molar-refractivity contribution in [3.63, 3.8) is 0 Å². The molecule has 0 spiro atoms. The van der Waals surface area contributed by atoms with Crippen molar-refractivity contribution in [3.05, 3.63) is 53.3 Å². The minimum absolute atomic E-state index is 0. The van der Waals surface area contributed by atoms with E-state index in [1.54, 1.807) is 19.4 Å². The lowest BCUT2D eigenvalue weighted by Gasteiger charge is -2.13. The quantitative estimate of drug-likeness (QED) is 0.161. The van der Waals surface area contributed by atoms with Crippen molar-refractivity contribution >= 4 is 47.2 Å². The van der Waals surface area contributed by atoms with Gasteiger partial charge in [-0.15, -0.1) is 24.0 Å². The van der Waals surface area contributed by atoms with Gasteiger partial charge in [0.15, 0.2) is 5.96 Å². The summed E-state index contributed by atoms with van der Waals surface area (Å²) in [6, 6.07) is 11.6. The number of ether oxygens (including phenoxy) is 2. The molecule has 0 saturated heterocycles. The number of rotatable bonds is 10. The summed E-state index contributed by atoms with van der Waals surface area (Å²) in [6.07, 6.45) is 3.43. The van der Waals surface area contributed by atoms with Crippen molar-refractivity contribution in [2.24, 2.45) is 4.99 Å². The van der Waals surface area contributed by atoms with E-state index in [4.69, 9.17) is 21.1 Å². The number of aromatic nitrogens is 1. The molecule has 6 nitrogen and oxygen atoms in total. The number of methoxy groups -OCH3 is 1. The number of nitrogens with one attached hydrogen (secondary N) is 2. The molecule has 0 atom stereocenters. The summed E-state index contributed by atoms with van der Waals surface area (Å²) < 4.78 is 10.8. The highest BCUT2D eigenvalue weighted by atomic mass is 127. The summed E-state index contributed by atoms with van der Waals surface area (Å²) in [7, 11) is 1.69. The smallest absolute Gasteiger partial charge is 0.195 e. The number of pyridine rings is 1. The highest BCUT2D eigenvalue weighted by molar-refractivity contribution is 14.0. The van der Waals surface area contributed by atoms with E-state index in [1.807, 2.05) is 37.3 Å². The lowest BCUT2D eigenvalue weighted by Crippen LogP contribution is -2.30. The van der Waals surface area contributed by atoms with Gasteiger partial charge in [0.1, 0.15) is 10.9 Å². The first-order chi connectivity index (χ1) is 13.2. The van der Waals surface area contributed by atoms with Gasteiger partial charge in [-0.3, -0.25) is 4.99 Å². The van der Waals surface area contributed by atoms with E-state index in [-0.39, 0.29) is 24.0 Å². The van der Waals surface area contributed by atoms with Crippen LogP contribution in [0.3, 0.4) is 0 Å². The Bertz CT molecular complexity index is 714. The van der Waals surface area contributed by atoms with Crippen LogP contribution in [0.2, 0.25) is 5.15 Å². The van der Waals surface area contributed by atoms with Gasteiger partial charge < -0.3 is 20.1 Å². The number of hydrogen-bond acceptors (Lipinski definition) is 4. The van der Waals surface area contributed by atoms with Crippen molar-refractivity contribution in [2.45, 2.75) is 19.8 Å². The molecule has 0 aliphatic carbocycles. The van der Waals surface area contributed by atoms with Gasteiger partial charge in [0.05, 0.1) is 6.61 Å². The topological polar surface area (TPSA) is 67.8 Å². The second-order valence-corrected chi connectivity index (χ2v) is 6.23. The molecule has 0 fully saturated rings. The van der Waals surface area contributed by atoms with Gasteiger partial charge in [0.25, 0.3) is 0 Å². The van der Waals surface area contributed by atoms with Gasteiger partial charge in [-0.1, -0.05) is 23.7 Å². The van der Waals surface area contributed by atoms with Crippen LogP contribution < -0.4 is 15.4 Å². The normalized spacial score (nSPS) is 10.9. The molecule has 1 heterocycles. The molecule has 0 saturated carbocycles. The van der Waals surface area contributed by atoms with E-state index >= 15 is 0 Å². The zero-order valence-electron chi connectivity index (χ0n) is 16.3. The number of benzene rings is 1. The Balaban J connectivity index is 0.00000392. The van der Waals surface area contributed by atoms with Gasteiger partial charge in [-0.25, -0.2) is 4.98 Å². The Morgan fingerprint density at radius 2 is 2.07 bits per heavy atom. The molecule has 2 rings (SSSR count). The Hall–Kier alpha value is -1.58. The van der Waals surface area contributed by atoms with E-state index in [2.05, 4.69) is 20.6 Å². The number of guanidine groups is 1. The van der Waals surface area contributed by atoms with Crippen LogP contribution in [-0.4, -0.2) is 44.4 Å². The minimum Gasteiger partial charge on any atom is -0.493 e. The van der Waals surface area contributed by atoms with E-state index in [0.717, 1.165) is 42.3 Å². The standard InChI is InChI=1S/C20H27ClN4O2.HI/c1-3-22-20(23-11-10-16-8-9-19(21)24-15-16)25-17-6-4-7-18(14-17)27-13-5-12-26-2;/h4,6-9,14-15H,3,5,10-13H2,1-2H3,(H2,22,23,25);1H. The van der Waals surface area contributed by atoms with Crippen LogP contribution in [0.1, 0.15) is 18.9 Å². The third-order valence-electron chi connectivity index (χ3n) is 3.66. The molecule has 154 valence electrons. The summed E-state index contributed by atoms with van der Waals surface area (Å²) in [5, 5.41) is 7.07. The minimum atomic E-state index is 0. The van der Waals surface area contributed by atoms with Crippen molar-refractivity contribution in [1.29, 1.82) is 0 Å². The first kappa shape index (κ1) is 24.5. The average molecular weight is 519 g/mol. The maximum atomic E-state index is 5.81. The van der Waals surface area contributed by atoms with Gasteiger partial charge in [0.2, 0.25) is 0 Å². The fourth-order valence-corrected chi connectivity index (χ4v) is 2.46. The SMILES string of the molecule is CCNC(=NCCc1ccc(Cl)nc1)Nc1cccc(OCCCOC)c1.I. The van der Waals surface area contributed by atoms with Crippen LogP contribution >= 0.6 is 35.6 Å². The van der Waals surface area contributed by atoms with Gasteiger partial charge >= 0.3 is 0 Å². The molecule has 0 bridgehead atoms. The lowest BCUT2D eigenvalue weighted by atomic mass is 10.2. The molecule has 0 aliphatic heterocycles. The van der Waals surface area contributed by atoms with Crippen molar-refractivity contribution in [1.82, 2.24) is 10.3 Å². The third-order valence-corrected chi connectivity index (χ3v) is 3.89. The zero-order chi connectivity index (χ0) is 19.3. The van der Waals surface area contributed by atoms with Crippen LogP contribution in [0.25, 0.3) is 0 Å². The summed E-state index contributed by atoms with van der Waals surface area (Å²) >= 11 is 5.81. The fourth-order valence-electron chi connectivity index (χ4n) is 2.35. The van der Waals surface area contributed by atoms with Crippen molar-refractivity contribution < 1.29 is 9.47 Å². The zero-order valence-corrected chi connectivity index (χ0v) is 19.4. The van der Waals surface area contributed by atoms with Crippen LogP contribution in [-0.2, 0) is 11.2 Å². The average Bonchev–Trinajstić information content (AvgIpc) is 2.67. The molecule has 0 aliphatic rings. The second kappa shape index (κ2) is 14.4. The van der Waals surface area contributed by atoms with E-state index in [1.165, 1.54) is 0 Å². The maximum Gasteiger partial charge on any atom is 0.195 e. The first-order valence-corrected chi connectivity index (χ1v) is 9.46. The molecule has 0 radical (unpaired) electrons. The first-order valence-electron chi connectivity index (χ1n) is 9.09. The van der Waals surface area contributed by atoms with Crippen LogP contribution in [0.15, 0.2) is 47.6 Å². The molecular weight excluding hydrogens is 491 g/mol. The molecule has 0 unspecified atom stereocenters. The Labute approximate surface area is 189 Å². The summed E-state index contributed by atoms with van der Waals surface area (Å²) in [5.74, 6) is 1.55. The highest BCUT2D eigenvalue weighted by Crippen LogP contribution is 2.17. The van der Waals surface area contributed by atoms with E-state index in [9.17, 15) is 0 Å². The lowest BCUT2D eigenvalue weighted by molar-refractivity contribution is 0.172. The molecular formula is C20H28ClIN4O2. The maximum absolute atomic E-state index is 5.81. The summed E-state index contributed by atoms with van der Waals surface area (Å²) in [4.78, 5) is 8.71. The van der Waals surface area contributed by atoms with E-state index < -0.39 is 0 Å². The molecule has 2 N–H and O–H groups in total. The molecule has 1 aromatic carbocycles. The van der Waals surface area contributed by atoms with Crippen molar-refractivity contribution in [3.8, 4) is 5.75 Å². The molecule has 0 amide bonds. The van der Waals surface area contributed by atoms with Crippen LogP contribution in [0.5, 0.6) is 5.75 Å². The number of anilines is 1. The van der Waals surface area contributed by atoms with Crippen molar-refractivity contribution in [2.75, 3.05) is 38.7 Å². The molecule has 8 heteroatoms. The van der Waals surface area contributed by atoms with Gasteiger partial charge in [-0.2, -0.15) is 0 Å². The number of nitrogens with zero attached hydrogens (tertiary/aromatic N) is 2. The Kier molecular flexibility index (Phi) is 12.6. The predicted molar refractivity (Wildman–Crippen MR) is 126 cm³/mol. The van der Waals surface area contributed by atoms with E-state index in [0.29, 0.717) is 24.9 Å². The van der Waals surface area contributed by atoms with Gasteiger partial charge in [-0.05, 0) is 37.1 Å². The predicted octanol–water partition coefficient (Wildman–Crippen LogP) is 4.39. The monoisotopic (exact) mass is 518 g/mol. The molecule has 28 heavy (non-hydrogen) atoms. The number of aliphatic imine (C=N–C) groups is 1. The number of halogens is 2. The van der Waals surface area contributed by atoms with Gasteiger partial charge in [0, 0.05) is 51.2 Å². The summed E-state index contributed by atoms with van der Waals surface area (Å²) in [5.41, 5.74) is 2.03. The molecule has 1 aromatic heterocycles. The van der Waals surface area contributed by atoms with Crippen LogP contribution in [0, 0.1) is 0 Å². The Morgan fingerprint density at radius 3 is 2.79 bits per heavy atom. The largest absolute Gasteiger partial charge is 0.493 e. The summed E-state index contributed by atoms with van der Waals surface area (Å²) in [6.45, 7) is 4.78. The second-order valence-electron chi connectivity index (χ2n) is 5.85. The number of hydrogen-bond donors (Lipinski definition) is 2. The van der Waals surface area contributed by atoms with Crippen LogP contribution in [0.4, 0.5) is 5.69 Å². The Morgan fingerprint density at radius 1 is 1.21 bits per heavy atom. The molecule has 2 aromatic rings.